The van der Waals surface area contributed by atoms with Gasteiger partial charge in [-0.05, 0) is 37.1 Å². The highest BCUT2D eigenvalue weighted by Gasteiger charge is 2.36. The van der Waals surface area contributed by atoms with Crippen LogP contribution in [0.25, 0.3) is 0 Å². The zero-order valence-electron chi connectivity index (χ0n) is 10.9. The van der Waals surface area contributed by atoms with Crippen molar-refractivity contribution in [1.29, 1.82) is 5.26 Å². The lowest BCUT2D eigenvalue weighted by Crippen LogP contribution is -2.37. The largest absolute Gasteiger partial charge is 0.479 e. The molecule has 104 valence electrons. The Morgan fingerprint density at radius 2 is 1.90 bits per heavy atom. The van der Waals surface area contributed by atoms with Gasteiger partial charge in [0.15, 0.2) is 6.10 Å². The number of carboxylic acids is 1. The van der Waals surface area contributed by atoms with E-state index < -0.39 is 18.2 Å². The molecule has 6 heteroatoms. The van der Waals surface area contributed by atoms with Crippen LogP contribution in [0.2, 0.25) is 0 Å². The van der Waals surface area contributed by atoms with Crippen molar-refractivity contribution in [3.05, 3.63) is 29.8 Å². The molecule has 0 saturated carbocycles. The summed E-state index contributed by atoms with van der Waals surface area (Å²) < 4.78 is 5.23. The van der Waals surface area contributed by atoms with Crippen molar-refractivity contribution in [2.24, 2.45) is 0 Å². The van der Waals surface area contributed by atoms with Crippen molar-refractivity contribution in [1.82, 2.24) is 0 Å². The molecular weight excluding hydrogens is 260 g/mol. The molecule has 1 fully saturated rings. The first-order valence-electron chi connectivity index (χ1n) is 6.19. The van der Waals surface area contributed by atoms with Crippen LogP contribution in [0.4, 0.5) is 5.69 Å². The smallest absolute Gasteiger partial charge is 0.332 e. The van der Waals surface area contributed by atoms with Gasteiger partial charge in [0, 0.05) is 12.7 Å². The van der Waals surface area contributed by atoms with Gasteiger partial charge >= 0.3 is 5.97 Å². The molecule has 1 aliphatic heterocycles. The lowest BCUT2D eigenvalue weighted by molar-refractivity contribution is -0.151. The van der Waals surface area contributed by atoms with Crippen molar-refractivity contribution >= 4 is 17.6 Å². The Bertz CT molecular complexity index is 562. The second-order valence-electron chi connectivity index (χ2n) is 4.58. The van der Waals surface area contributed by atoms with Crippen molar-refractivity contribution < 1.29 is 19.4 Å². The first-order chi connectivity index (χ1) is 9.52. The standard InChI is InChI=1S/C14H14N2O4/c1-16(10-4-2-9(8-15)3-5-10)13(17)11-6-7-12(20-11)14(18)19/h2-5,11-12H,6-7H2,1H3,(H,18,19)/t11-,12+/m0/s1. The highest BCUT2D eigenvalue weighted by atomic mass is 16.5. The van der Waals surface area contributed by atoms with E-state index in [0.29, 0.717) is 24.1 Å². The highest BCUT2D eigenvalue weighted by Crippen LogP contribution is 2.23. The van der Waals surface area contributed by atoms with Crippen LogP contribution in [0.1, 0.15) is 18.4 Å². The molecular formula is C14H14N2O4. The van der Waals surface area contributed by atoms with Crippen molar-refractivity contribution in [3.8, 4) is 6.07 Å². The molecule has 0 bridgehead atoms. The monoisotopic (exact) mass is 274 g/mol. The first-order valence-corrected chi connectivity index (χ1v) is 6.19. The number of benzene rings is 1. The zero-order chi connectivity index (χ0) is 14.7. The SMILES string of the molecule is CN(C(=O)[C@@H]1CC[C@H](C(=O)O)O1)c1ccc(C#N)cc1. The molecule has 1 saturated heterocycles. The van der Waals surface area contributed by atoms with E-state index in [1.807, 2.05) is 6.07 Å². The molecule has 2 rings (SSSR count). The fourth-order valence-electron chi connectivity index (χ4n) is 2.10. The lowest BCUT2D eigenvalue weighted by Gasteiger charge is -2.21. The summed E-state index contributed by atoms with van der Waals surface area (Å²) in [5, 5.41) is 17.6. The van der Waals surface area contributed by atoms with Gasteiger partial charge in [0.05, 0.1) is 11.6 Å². The van der Waals surface area contributed by atoms with Crippen LogP contribution in [0, 0.1) is 11.3 Å². The molecule has 2 atom stereocenters. The summed E-state index contributed by atoms with van der Waals surface area (Å²) in [5.74, 6) is -1.32. The zero-order valence-corrected chi connectivity index (χ0v) is 10.9. The average molecular weight is 274 g/mol. The van der Waals surface area contributed by atoms with Crippen LogP contribution >= 0.6 is 0 Å². The third kappa shape index (κ3) is 2.78. The van der Waals surface area contributed by atoms with Crippen molar-refractivity contribution in [2.75, 3.05) is 11.9 Å². The fraction of sp³-hybridized carbons (Fsp3) is 0.357. The number of aliphatic carboxylic acids is 1. The number of nitrogens with zero attached hydrogens (tertiary/aromatic N) is 2. The number of rotatable bonds is 3. The molecule has 1 aromatic rings. The van der Waals surface area contributed by atoms with Gasteiger partial charge in [0.25, 0.3) is 5.91 Å². The van der Waals surface area contributed by atoms with Gasteiger partial charge in [-0.25, -0.2) is 4.79 Å². The Hall–Kier alpha value is -2.39. The van der Waals surface area contributed by atoms with Crippen molar-refractivity contribution in [2.45, 2.75) is 25.0 Å². The van der Waals surface area contributed by atoms with Gasteiger partial charge in [-0.15, -0.1) is 0 Å². The van der Waals surface area contributed by atoms with Gasteiger partial charge in [0.2, 0.25) is 0 Å². The third-order valence-electron chi connectivity index (χ3n) is 3.28. The Balaban J connectivity index is 2.05. The number of hydrogen-bond acceptors (Lipinski definition) is 4. The Kier molecular flexibility index (Phi) is 4.01. The number of carbonyl (C=O) groups is 2. The molecule has 1 amide bonds. The molecule has 0 unspecified atom stereocenters. The number of nitriles is 1. The summed E-state index contributed by atoms with van der Waals surface area (Å²) in [6.45, 7) is 0. The minimum Gasteiger partial charge on any atom is -0.479 e. The van der Waals surface area contributed by atoms with E-state index in [0.717, 1.165) is 0 Å². The van der Waals surface area contributed by atoms with E-state index in [-0.39, 0.29) is 5.91 Å². The highest BCUT2D eigenvalue weighted by molar-refractivity contribution is 5.96. The van der Waals surface area contributed by atoms with Crippen molar-refractivity contribution in [3.63, 3.8) is 0 Å². The molecule has 0 spiro atoms. The van der Waals surface area contributed by atoms with Crippen LogP contribution in [0.15, 0.2) is 24.3 Å². The van der Waals surface area contributed by atoms with E-state index in [1.54, 1.807) is 31.3 Å². The van der Waals surface area contributed by atoms with Gasteiger partial charge in [-0.3, -0.25) is 4.79 Å². The van der Waals surface area contributed by atoms with E-state index in [2.05, 4.69) is 0 Å². The summed E-state index contributed by atoms with van der Waals surface area (Å²) in [4.78, 5) is 24.4. The molecule has 20 heavy (non-hydrogen) atoms. The second kappa shape index (κ2) is 5.72. The van der Waals surface area contributed by atoms with E-state index in [9.17, 15) is 9.59 Å². The maximum absolute atomic E-state index is 12.2. The molecule has 1 heterocycles. The maximum Gasteiger partial charge on any atom is 0.332 e. The minimum atomic E-state index is -1.04. The second-order valence-corrected chi connectivity index (χ2v) is 4.58. The molecule has 1 aliphatic rings. The maximum atomic E-state index is 12.2. The van der Waals surface area contributed by atoms with Gasteiger partial charge in [-0.1, -0.05) is 0 Å². The lowest BCUT2D eigenvalue weighted by atomic mass is 10.1. The Morgan fingerprint density at radius 1 is 1.30 bits per heavy atom. The predicted octanol–water partition coefficient (Wildman–Crippen LogP) is 1.15. The number of hydrogen-bond donors (Lipinski definition) is 1. The number of carboxylic acid groups (broad SMARTS) is 1. The van der Waals surface area contributed by atoms with E-state index in [1.165, 1.54) is 4.90 Å². The minimum absolute atomic E-state index is 0.279. The summed E-state index contributed by atoms with van der Waals surface area (Å²) in [7, 11) is 1.60. The van der Waals surface area contributed by atoms with Crippen LogP contribution < -0.4 is 4.90 Å². The summed E-state index contributed by atoms with van der Waals surface area (Å²) in [6, 6.07) is 8.58. The Labute approximate surface area is 116 Å². The average Bonchev–Trinajstić information content (AvgIpc) is 2.96. The molecule has 0 aromatic heterocycles. The number of amides is 1. The number of ether oxygens (including phenoxy) is 1. The normalized spacial score (nSPS) is 21.2. The summed E-state index contributed by atoms with van der Waals surface area (Å²) in [5.41, 5.74) is 1.15. The van der Waals surface area contributed by atoms with E-state index >= 15 is 0 Å². The van der Waals surface area contributed by atoms with Gasteiger partial charge < -0.3 is 14.7 Å². The van der Waals surface area contributed by atoms with Crippen LogP contribution in [-0.2, 0) is 14.3 Å². The summed E-state index contributed by atoms with van der Waals surface area (Å²) in [6.07, 6.45) is -0.890. The predicted molar refractivity (Wildman–Crippen MR) is 70.1 cm³/mol. The molecule has 0 radical (unpaired) electrons. The van der Waals surface area contributed by atoms with Gasteiger partial charge in [-0.2, -0.15) is 5.26 Å². The van der Waals surface area contributed by atoms with Gasteiger partial charge in [0.1, 0.15) is 6.10 Å². The van der Waals surface area contributed by atoms with Crippen LogP contribution in [0.3, 0.4) is 0 Å². The fourth-order valence-corrected chi connectivity index (χ4v) is 2.10. The van der Waals surface area contributed by atoms with E-state index in [4.69, 9.17) is 15.1 Å². The number of likely N-dealkylation sites (N-methyl/N-ethyl adjacent to an activating group) is 1. The molecule has 1 N–H and O–H groups in total. The molecule has 6 nitrogen and oxygen atoms in total. The molecule has 0 aliphatic carbocycles. The third-order valence-corrected chi connectivity index (χ3v) is 3.28. The topological polar surface area (TPSA) is 90.6 Å². The quantitative estimate of drug-likeness (QED) is 0.893. The number of anilines is 1. The first kappa shape index (κ1) is 14.0. The molecule has 1 aromatic carbocycles. The summed E-state index contributed by atoms with van der Waals surface area (Å²) >= 11 is 0. The Morgan fingerprint density at radius 3 is 2.40 bits per heavy atom. The van der Waals surface area contributed by atoms with Crippen LogP contribution in [0.5, 0.6) is 0 Å². The number of carbonyl (C=O) groups excluding carboxylic acids is 1. The van der Waals surface area contributed by atoms with Crippen LogP contribution in [-0.4, -0.2) is 36.2 Å².